The lowest BCUT2D eigenvalue weighted by molar-refractivity contribution is 0.671. The number of rotatable bonds is 4. The third kappa shape index (κ3) is 2.31. The van der Waals surface area contributed by atoms with E-state index in [0.717, 1.165) is 19.4 Å². The van der Waals surface area contributed by atoms with Gasteiger partial charge in [-0.2, -0.15) is 5.10 Å². The number of likely N-dealkylation sites (N-methyl/N-ethyl adjacent to an activating group) is 1. The van der Waals surface area contributed by atoms with Crippen LogP contribution in [0.5, 0.6) is 0 Å². The molecule has 1 aliphatic carbocycles. The molecule has 1 N–H and O–H groups in total. The molecule has 0 aliphatic heterocycles. The molecule has 4 nitrogen and oxygen atoms in total. The Bertz CT molecular complexity index is 664. The Morgan fingerprint density at radius 3 is 2.70 bits per heavy atom. The van der Waals surface area contributed by atoms with Gasteiger partial charge in [-0.1, -0.05) is 41.9 Å². The average Bonchev–Trinajstić information content (AvgIpc) is 3.23. The molecule has 1 aromatic carbocycles. The lowest BCUT2D eigenvalue weighted by atomic mass is 9.95. The van der Waals surface area contributed by atoms with Crippen molar-refractivity contribution in [2.24, 2.45) is 0 Å². The van der Waals surface area contributed by atoms with Gasteiger partial charge in [-0.15, -0.1) is 0 Å². The van der Waals surface area contributed by atoms with Gasteiger partial charge >= 0.3 is 0 Å². The highest BCUT2D eigenvalue weighted by Crippen LogP contribution is 2.49. The number of nitrogens with zero attached hydrogens (tertiary/aromatic N) is 2. The summed E-state index contributed by atoms with van der Waals surface area (Å²) in [5.41, 5.74) is 1.86. The van der Waals surface area contributed by atoms with Crippen LogP contribution >= 0.6 is 11.6 Å². The van der Waals surface area contributed by atoms with Crippen molar-refractivity contribution in [2.45, 2.75) is 18.3 Å². The Labute approximate surface area is 122 Å². The average molecular weight is 290 g/mol. The molecule has 2 aromatic rings. The molecule has 0 spiro atoms. The van der Waals surface area contributed by atoms with Crippen molar-refractivity contribution in [1.29, 1.82) is 0 Å². The topological polar surface area (TPSA) is 49.0 Å². The zero-order chi connectivity index (χ0) is 14.2. The van der Waals surface area contributed by atoms with E-state index in [-0.39, 0.29) is 16.0 Å². The molecule has 0 unspecified atom stereocenters. The zero-order valence-electron chi connectivity index (χ0n) is 11.3. The fraction of sp³-hybridized carbons (Fsp3) is 0.333. The third-order valence-electron chi connectivity index (χ3n) is 3.97. The number of halogens is 1. The quantitative estimate of drug-likeness (QED) is 0.941. The van der Waals surface area contributed by atoms with E-state index in [1.54, 1.807) is 6.20 Å². The molecule has 1 aromatic heterocycles. The molecule has 3 rings (SSSR count). The summed E-state index contributed by atoms with van der Waals surface area (Å²) < 4.78 is 0. The summed E-state index contributed by atoms with van der Waals surface area (Å²) in [6.07, 6.45) is 3.93. The van der Waals surface area contributed by atoms with Crippen LogP contribution in [0, 0.1) is 0 Å². The Balaban J connectivity index is 1.85. The fourth-order valence-electron chi connectivity index (χ4n) is 2.66. The first kappa shape index (κ1) is 13.2. The van der Waals surface area contributed by atoms with E-state index in [1.165, 1.54) is 5.56 Å². The minimum absolute atomic E-state index is 0.182. The number of aromatic nitrogens is 2. The molecule has 20 heavy (non-hydrogen) atoms. The number of anilines is 1. The van der Waals surface area contributed by atoms with Crippen LogP contribution in [0.2, 0.25) is 5.02 Å². The van der Waals surface area contributed by atoms with Crippen molar-refractivity contribution in [3.05, 3.63) is 57.5 Å². The molecule has 104 valence electrons. The summed E-state index contributed by atoms with van der Waals surface area (Å²) in [4.78, 5) is 13.5. The summed E-state index contributed by atoms with van der Waals surface area (Å²) in [7, 11) is 1.95. The van der Waals surface area contributed by atoms with E-state index in [0.29, 0.717) is 5.69 Å². The summed E-state index contributed by atoms with van der Waals surface area (Å²) in [5, 5.41) is 6.37. The molecule has 5 heteroatoms. The van der Waals surface area contributed by atoms with Gasteiger partial charge in [0.05, 0.1) is 11.9 Å². The lowest BCUT2D eigenvalue weighted by Gasteiger charge is -2.26. The van der Waals surface area contributed by atoms with Crippen molar-refractivity contribution in [1.82, 2.24) is 10.2 Å². The van der Waals surface area contributed by atoms with E-state index < -0.39 is 0 Å². The normalized spacial score (nSPS) is 15.9. The molecular formula is C15H16ClN3O. The third-order valence-corrected chi connectivity index (χ3v) is 4.33. The maximum atomic E-state index is 11.5. The van der Waals surface area contributed by atoms with Crippen LogP contribution in [0.15, 0.2) is 41.3 Å². The molecular weight excluding hydrogens is 274 g/mol. The van der Waals surface area contributed by atoms with Crippen LogP contribution in [0.1, 0.15) is 18.4 Å². The summed E-state index contributed by atoms with van der Waals surface area (Å²) >= 11 is 6.06. The number of H-pyrrole nitrogens is 1. The Kier molecular flexibility index (Phi) is 3.26. The molecule has 0 atom stereocenters. The molecule has 1 saturated carbocycles. The van der Waals surface area contributed by atoms with Crippen LogP contribution in [0.25, 0.3) is 0 Å². The predicted octanol–water partition coefficient (Wildman–Crippen LogP) is 2.59. The van der Waals surface area contributed by atoms with Gasteiger partial charge in [0.15, 0.2) is 0 Å². The van der Waals surface area contributed by atoms with Crippen molar-refractivity contribution in [3.63, 3.8) is 0 Å². The van der Waals surface area contributed by atoms with Gasteiger partial charge in [0.1, 0.15) is 5.02 Å². The Morgan fingerprint density at radius 1 is 1.35 bits per heavy atom. The van der Waals surface area contributed by atoms with E-state index in [4.69, 9.17) is 11.6 Å². The van der Waals surface area contributed by atoms with Crippen LogP contribution in [-0.4, -0.2) is 23.8 Å². The first-order valence-electron chi connectivity index (χ1n) is 6.62. The van der Waals surface area contributed by atoms with Gasteiger partial charge in [-0.3, -0.25) is 4.79 Å². The molecule has 1 heterocycles. The largest absolute Gasteiger partial charge is 0.371 e. The van der Waals surface area contributed by atoms with E-state index >= 15 is 0 Å². The van der Waals surface area contributed by atoms with Crippen LogP contribution in [-0.2, 0) is 5.41 Å². The number of hydrogen-bond donors (Lipinski definition) is 1. The fourth-order valence-corrected chi connectivity index (χ4v) is 2.90. The van der Waals surface area contributed by atoms with Gasteiger partial charge < -0.3 is 4.90 Å². The molecule has 1 aliphatic rings. The van der Waals surface area contributed by atoms with E-state index in [1.807, 2.05) is 18.0 Å². The number of benzene rings is 1. The minimum Gasteiger partial charge on any atom is -0.371 e. The predicted molar refractivity (Wildman–Crippen MR) is 80.5 cm³/mol. The lowest BCUT2D eigenvalue weighted by Crippen LogP contribution is -2.30. The monoisotopic (exact) mass is 289 g/mol. The first-order chi connectivity index (χ1) is 9.62. The van der Waals surface area contributed by atoms with Gasteiger partial charge in [0.2, 0.25) is 0 Å². The van der Waals surface area contributed by atoms with Crippen LogP contribution in [0.3, 0.4) is 0 Å². The standard InChI is InChI=1S/C15H16ClN3O/c1-19(12-9-17-18-14(20)13(12)16)10-15(7-8-15)11-5-3-2-4-6-11/h2-6,9H,7-8,10H2,1H3,(H,18,20). The van der Waals surface area contributed by atoms with E-state index in [2.05, 4.69) is 34.5 Å². The maximum absolute atomic E-state index is 11.5. The second kappa shape index (κ2) is 4.94. The molecule has 0 saturated heterocycles. The second-order valence-corrected chi connectivity index (χ2v) is 5.78. The minimum atomic E-state index is -0.347. The summed E-state index contributed by atoms with van der Waals surface area (Å²) in [6.45, 7) is 0.835. The molecule has 0 bridgehead atoms. The van der Waals surface area contributed by atoms with Gasteiger partial charge in [0.25, 0.3) is 5.56 Å². The highest BCUT2D eigenvalue weighted by molar-refractivity contribution is 6.32. The number of aromatic amines is 1. The Morgan fingerprint density at radius 2 is 2.05 bits per heavy atom. The van der Waals surface area contributed by atoms with Gasteiger partial charge in [0, 0.05) is 19.0 Å². The van der Waals surface area contributed by atoms with E-state index in [9.17, 15) is 4.79 Å². The number of hydrogen-bond acceptors (Lipinski definition) is 3. The van der Waals surface area contributed by atoms with Crippen molar-refractivity contribution >= 4 is 17.3 Å². The SMILES string of the molecule is CN(CC1(c2ccccc2)CC1)c1cn[nH]c(=O)c1Cl. The summed E-state index contributed by atoms with van der Waals surface area (Å²) in [5.74, 6) is 0. The molecule has 1 fully saturated rings. The highest BCUT2D eigenvalue weighted by atomic mass is 35.5. The zero-order valence-corrected chi connectivity index (χ0v) is 12.0. The maximum Gasteiger partial charge on any atom is 0.285 e. The van der Waals surface area contributed by atoms with Crippen molar-refractivity contribution < 1.29 is 0 Å². The van der Waals surface area contributed by atoms with Crippen molar-refractivity contribution in [2.75, 3.05) is 18.5 Å². The van der Waals surface area contributed by atoms with Gasteiger partial charge in [-0.05, 0) is 18.4 Å². The van der Waals surface area contributed by atoms with Crippen LogP contribution < -0.4 is 10.5 Å². The molecule has 0 amide bonds. The Hall–Kier alpha value is -1.81. The van der Waals surface area contributed by atoms with Crippen LogP contribution in [0.4, 0.5) is 5.69 Å². The van der Waals surface area contributed by atoms with Gasteiger partial charge in [-0.25, -0.2) is 5.10 Å². The highest BCUT2D eigenvalue weighted by Gasteiger charge is 2.45. The smallest absolute Gasteiger partial charge is 0.285 e. The first-order valence-corrected chi connectivity index (χ1v) is 7.00. The summed E-state index contributed by atoms with van der Waals surface area (Å²) in [6, 6.07) is 10.5. The second-order valence-electron chi connectivity index (χ2n) is 5.40. The molecule has 0 radical (unpaired) electrons. The van der Waals surface area contributed by atoms with Crippen molar-refractivity contribution in [3.8, 4) is 0 Å². The number of nitrogens with one attached hydrogen (secondary N) is 1.